The van der Waals surface area contributed by atoms with Gasteiger partial charge in [0.2, 0.25) is 5.91 Å². The first-order chi connectivity index (χ1) is 11.0. The first-order valence-electron chi connectivity index (χ1n) is 7.12. The maximum Gasteiger partial charge on any atom is 0.253 e. The van der Waals surface area contributed by atoms with Crippen LogP contribution < -0.4 is 16.0 Å². The molecule has 0 saturated heterocycles. The third-order valence-corrected chi connectivity index (χ3v) is 4.17. The van der Waals surface area contributed by atoms with Crippen LogP contribution in [0.2, 0.25) is 0 Å². The Morgan fingerprint density at radius 1 is 1.13 bits per heavy atom. The van der Waals surface area contributed by atoms with Gasteiger partial charge >= 0.3 is 0 Å². The van der Waals surface area contributed by atoms with E-state index in [0.717, 1.165) is 15.7 Å². The predicted molar refractivity (Wildman–Crippen MR) is 95.8 cm³/mol. The summed E-state index contributed by atoms with van der Waals surface area (Å²) in [5.41, 5.74) is 2.90. The zero-order valence-corrected chi connectivity index (χ0v) is 14.5. The van der Waals surface area contributed by atoms with E-state index in [0.29, 0.717) is 11.3 Å². The molecule has 0 aliphatic rings. The van der Waals surface area contributed by atoms with E-state index in [4.69, 9.17) is 0 Å². The molecule has 120 valence electrons. The van der Waals surface area contributed by atoms with Crippen molar-refractivity contribution in [3.05, 3.63) is 58.1 Å². The molecule has 0 radical (unpaired) electrons. The third kappa shape index (κ3) is 4.56. The largest absolute Gasteiger partial charge is 0.376 e. The summed E-state index contributed by atoms with van der Waals surface area (Å²) < 4.78 is 0.994. The van der Waals surface area contributed by atoms with Gasteiger partial charge < -0.3 is 16.0 Å². The molecular weight excluding hydrogens is 358 g/mol. The zero-order valence-electron chi connectivity index (χ0n) is 12.9. The molecule has 3 N–H and O–H groups in total. The summed E-state index contributed by atoms with van der Waals surface area (Å²) in [7, 11) is 1.57. The number of amides is 2. The molecule has 0 saturated carbocycles. The second-order valence-electron chi connectivity index (χ2n) is 4.99. The van der Waals surface area contributed by atoms with Crippen LogP contribution in [0.4, 0.5) is 11.4 Å². The number of anilines is 2. The van der Waals surface area contributed by atoms with Gasteiger partial charge in [0, 0.05) is 22.9 Å². The number of carbonyl (C=O) groups is 2. The van der Waals surface area contributed by atoms with E-state index in [2.05, 4.69) is 31.9 Å². The maximum atomic E-state index is 12.0. The molecule has 2 rings (SSSR count). The van der Waals surface area contributed by atoms with Crippen LogP contribution in [0.3, 0.4) is 0 Å². The molecule has 0 aliphatic carbocycles. The van der Waals surface area contributed by atoms with Crippen molar-refractivity contribution in [1.29, 1.82) is 0 Å². The second-order valence-corrected chi connectivity index (χ2v) is 5.84. The maximum absolute atomic E-state index is 12.0. The summed E-state index contributed by atoms with van der Waals surface area (Å²) >= 11 is 3.42. The predicted octanol–water partition coefficient (Wildman–Crippen LogP) is 3.17. The molecule has 2 aromatic rings. The van der Waals surface area contributed by atoms with E-state index in [9.17, 15) is 9.59 Å². The smallest absolute Gasteiger partial charge is 0.253 e. The van der Waals surface area contributed by atoms with E-state index in [1.54, 1.807) is 25.2 Å². The highest BCUT2D eigenvalue weighted by Gasteiger charge is 2.10. The molecule has 0 atom stereocenters. The molecule has 0 heterocycles. The van der Waals surface area contributed by atoms with Crippen LogP contribution >= 0.6 is 15.9 Å². The van der Waals surface area contributed by atoms with Gasteiger partial charge in [-0.3, -0.25) is 9.59 Å². The summed E-state index contributed by atoms with van der Waals surface area (Å²) in [6.45, 7) is 2.03. The standard InChI is InChI=1S/C17H18BrN3O2/c1-11-9-12(7-8-14(11)18)21-16(22)10-20-15-6-4-3-5-13(15)17(23)19-2/h3-9,20H,10H2,1-2H3,(H,19,23)(H,21,22). The number of halogens is 1. The molecule has 23 heavy (non-hydrogen) atoms. The van der Waals surface area contributed by atoms with Crippen LogP contribution in [-0.4, -0.2) is 25.4 Å². The lowest BCUT2D eigenvalue weighted by atomic mass is 10.1. The summed E-state index contributed by atoms with van der Waals surface area (Å²) in [6.07, 6.45) is 0. The quantitative estimate of drug-likeness (QED) is 0.751. The highest BCUT2D eigenvalue weighted by molar-refractivity contribution is 9.10. The van der Waals surface area contributed by atoms with Gasteiger partial charge in [0.25, 0.3) is 5.91 Å². The van der Waals surface area contributed by atoms with Crippen LogP contribution in [0.15, 0.2) is 46.9 Å². The van der Waals surface area contributed by atoms with Gasteiger partial charge in [-0.2, -0.15) is 0 Å². The monoisotopic (exact) mass is 375 g/mol. The topological polar surface area (TPSA) is 70.2 Å². The Bertz CT molecular complexity index is 732. The second kappa shape index (κ2) is 7.78. The average molecular weight is 376 g/mol. The third-order valence-electron chi connectivity index (χ3n) is 3.28. The lowest BCUT2D eigenvalue weighted by Gasteiger charge is -2.11. The molecule has 5 nitrogen and oxygen atoms in total. The molecular formula is C17H18BrN3O2. The van der Waals surface area contributed by atoms with Crippen LogP contribution in [0.1, 0.15) is 15.9 Å². The van der Waals surface area contributed by atoms with Gasteiger partial charge in [0.15, 0.2) is 0 Å². The number of aryl methyl sites for hydroxylation is 1. The van der Waals surface area contributed by atoms with E-state index in [1.807, 2.05) is 31.2 Å². The normalized spacial score (nSPS) is 10.0. The molecule has 0 aromatic heterocycles. The molecule has 0 bridgehead atoms. The van der Waals surface area contributed by atoms with Crippen LogP contribution in [0, 0.1) is 6.92 Å². The Kier molecular flexibility index (Phi) is 5.76. The van der Waals surface area contributed by atoms with Crippen molar-refractivity contribution in [2.45, 2.75) is 6.92 Å². The lowest BCUT2D eigenvalue weighted by molar-refractivity contribution is -0.114. The molecule has 0 fully saturated rings. The van der Waals surface area contributed by atoms with E-state index >= 15 is 0 Å². The molecule has 2 aromatic carbocycles. The first-order valence-corrected chi connectivity index (χ1v) is 7.91. The van der Waals surface area contributed by atoms with Gasteiger partial charge in [-0.1, -0.05) is 28.1 Å². The highest BCUT2D eigenvalue weighted by Crippen LogP contribution is 2.20. The molecule has 6 heteroatoms. The summed E-state index contributed by atoms with van der Waals surface area (Å²) in [6, 6.07) is 12.7. The summed E-state index contributed by atoms with van der Waals surface area (Å²) in [4.78, 5) is 23.8. The minimum absolute atomic E-state index is 0.0725. The fourth-order valence-electron chi connectivity index (χ4n) is 2.07. The van der Waals surface area contributed by atoms with Gasteiger partial charge in [0.1, 0.15) is 0 Å². The fraction of sp³-hybridized carbons (Fsp3) is 0.176. The molecule has 0 unspecified atom stereocenters. The van der Waals surface area contributed by atoms with E-state index in [-0.39, 0.29) is 18.4 Å². The number of nitrogens with one attached hydrogen (secondary N) is 3. The number of para-hydroxylation sites is 1. The number of hydrogen-bond acceptors (Lipinski definition) is 3. The van der Waals surface area contributed by atoms with Crippen molar-refractivity contribution in [2.24, 2.45) is 0 Å². The number of hydrogen-bond donors (Lipinski definition) is 3. The SMILES string of the molecule is CNC(=O)c1ccccc1NCC(=O)Nc1ccc(Br)c(C)c1. The van der Waals surface area contributed by atoms with E-state index < -0.39 is 0 Å². The Hall–Kier alpha value is -2.34. The van der Waals surface area contributed by atoms with Gasteiger partial charge in [-0.05, 0) is 42.8 Å². The number of benzene rings is 2. The summed E-state index contributed by atoms with van der Waals surface area (Å²) in [5, 5.41) is 8.39. The summed E-state index contributed by atoms with van der Waals surface area (Å²) in [5.74, 6) is -0.379. The van der Waals surface area contributed by atoms with Gasteiger partial charge in [-0.15, -0.1) is 0 Å². The Morgan fingerprint density at radius 2 is 1.87 bits per heavy atom. The van der Waals surface area contributed by atoms with Crippen molar-refractivity contribution < 1.29 is 9.59 Å². The highest BCUT2D eigenvalue weighted by atomic mass is 79.9. The van der Waals surface area contributed by atoms with Crippen molar-refractivity contribution >= 4 is 39.1 Å². The van der Waals surface area contributed by atoms with E-state index in [1.165, 1.54) is 0 Å². The number of carbonyl (C=O) groups excluding carboxylic acids is 2. The minimum Gasteiger partial charge on any atom is -0.376 e. The van der Waals surface area contributed by atoms with Crippen LogP contribution in [0.25, 0.3) is 0 Å². The van der Waals surface area contributed by atoms with Crippen LogP contribution in [0.5, 0.6) is 0 Å². The van der Waals surface area contributed by atoms with Gasteiger partial charge in [0.05, 0.1) is 12.1 Å². The van der Waals surface area contributed by atoms with Crippen molar-refractivity contribution in [1.82, 2.24) is 5.32 Å². The van der Waals surface area contributed by atoms with Gasteiger partial charge in [-0.25, -0.2) is 0 Å². The molecule has 0 aliphatic heterocycles. The van der Waals surface area contributed by atoms with Crippen molar-refractivity contribution in [2.75, 3.05) is 24.2 Å². The van der Waals surface area contributed by atoms with Crippen molar-refractivity contribution in [3.63, 3.8) is 0 Å². The average Bonchev–Trinajstić information content (AvgIpc) is 2.56. The first kappa shape index (κ1) is 17.0. The Labute approximate surface area is 143 Å². The zero-order chi connectivity index (χ0) is 16.8. The molecule has 0 spiro atoms. The number of rotatable bonds is 5. The minimum atomic E-state index is -0.197. The fourth-order valence-corrected chi connectivity index (χ4v) is 2.32. The van der Waals surface area contributed by atoms with Crippen molar-refractivity contribution in [3.8, 4) is 0 Å². The Balaban J connectivity index is 1.99. The van der Waals surface area contributed by atoms with Crippen LogP contribution in [-0.2, 0) is 4.79 Å². The lowest BCUT2D eigenvalue weighted by Crippen LogP contribution is -2.24. The Morgan fingerprint density at radius 3 is 2.57 bits per heavy atom. The molecule has 2 amide bonds.